The van der Waals surface area contributed by atoms with Gasteiger partial charge in [-0.25, -0.2) is 17.6 Å². The van der Waals surface area contributed by atoms with Crippen molar-refractivity contribution in [3.8, 4) is 6.07 Å². The lowest BCUT2D eigenvalue weighted by molar-refractivity contribution is 0.509. The molecule has 2 aliphatic carbocycles. The Kier molecular flexibility index (Phi) is 4.67. The number of nitrogens with two attached hydrogens (primary N) is 1. The number of halogens is 4. The third kappa shape index (κ3) is 3.15. The van der Waals surface area contributed by atoms with Gasteiger partial charge in [0.25, 0.3) is 0 Å². The Morgan fingerprint density at radius 3 is 1.58 bits per heavy atom. The normalized spacial score (nSPS) is 18.3. The zero-order valence-electron chi connectivity index (χ0n) is 13.8. The molecule has 0 saturated heterocycles. The SMILES string of the molecule is N#CC1(c2c(F)cncc2F)CC1.NCC1(c2c(F)cncc2F)CC1. The average Bonchev–Trinajstić information content (AvgIpc) is 3.51. The van der Waals surface area contributed by atoms with Crippen molar-refractivity contribution in [2.45, 2.75) is 36.5 Å². The van der Waals surface area contributed by atoms with Crippen LogP contribution in [0.15, 0.2) is 24.8 Å². The van der Waals surface area contributed by atoms with Crippen molar-refractivity contribution >= 4 is 0 Å². The number of hydrogen-bond donors (Lipinski definition) is 1. The Morgan fingerprint density at radius 1 is 0.846 bits per heavy atom. The maximum absolute atomic E-state index is 13.2. The zero-order chi connectivity index (χ0) is 18.9. The molecule has 26 heavy (non-hydrogen) atoms. The third-order valence-electron chi connectivity index (χ3n) is 4.92. The van der Waals surface area contributed by atoms with Gasteiger partial charge >= 0.3 is 0 Å². The average molecular weight is 364 g/mol. The molecule has 2 fully saturated rings. The number of aromatic nitrogens is 2. The van der Waals surface area contributed by atoms with E-state index in [1.165, 1.54) is 0 Å². The molecule has 2 aromatic heterocycles. The molecule has 0 bridgehead atoms. The third-order valence-corrected chi connectivity index (χ3v) is 4.92. The molecule has 0 aromatic carbocycles. The van der Waals surface area contributed by atoms with Gasteiger partial charge in [0.15, 0.2) is 0 Å². The summed E-state index contributed by atoms with van der Waals surface area (Å²) in [6, 6.07) is 1.94. The molecular weight excluding hydrogens is 348 g/mol. The molecule has 0 amide bonds. The largest absolute Gasteiger partial charge is 0.330 e. The van der Waals surface area contributed by atoms with Crippen LogP contribution in [0.4, 0.5) is 17.6 Å². The molecule has 2 N–H and O–H groups in total. The van der Waals surface area contributed by atoms with E-state index < -0.39 is 34.1 Å². The Bertz CT molecular complexity index is 829. The van der Waals surface area contributed by atoms with Crippen molar-refractivity contribution in [1.82, 2.24) is 9.97 Å². The van der Waals surface area contributed by atoms with E-state index in [2.05, 4.69) is 9.97 Å². The molecule has 0 unspecified atom stereocenters. The first-order valence-corrected chi connectivity index (χ1v) is 8.09. The van der Waals surface area contributed by atoms with Gasteiger partial charge in [-0.2, -0.15) is 5.26 Å². The predicted octanol–water partition coefficient (Wildman–Crippen LogP) is 3.27. The summed E-state index contributed by atoms with van der Waals surface area (Å²) in [4.78, 5) is 6.79. The predicted molar refractivity (Wildman–Crippen MR) is 84.8 cm³/mol. The lowest BCUT2D eigenvalue weighted by Crippen LogP contribution is -2.22. The first-order valence-electron chi connectivity index (χ1n) is 8.09. The highest BCUT2D eigenvalue weighted by molar-refractivity contribution is 5.39. The second-order valence-corrected chi connectivity index (χ2v) is 6.63. The first-order chi connectivity index (χ1) is 12.4. The van der Waals surface area contributed by atoms with Crippen molar-refractivity contribution in [3.63, 3.8) is 0 Å². The standard InChI is InChI=1S/C9H10F2N2.C9H6F2N2/c2*10-6-3-13-4-7(11)8(6)9(5-12)1-2-9/h3-4H,1-2,5,12H2;3-4H,1-2H2. The van der Waals surface area contributed by atoms with Gasteiger partial charge in [-0.15, -0.1) is 0 Å². The fraction of sp³-hybridized carbons (Fsp3) is 0.389. The summed E-state index contributed by atoms with van der Waals surface area (Å²) in [5.41, 5.74) is 4.11. The molecular formula is C18H16F4N4. The molecule has 2 aliphatic rings. The number of nitrogens with zero attached hydrogens (tertiary/aromatic N) is 3. The summed E-state index contributed by atoms with van der Waals surface area (Å²) in [7, 11) is 0. The zero-order valence-corrected chi connectivity index (χ0v) is 13.8. The maximum atomic E-state index is 13.2. The van der Waals surface area contributed by atoms with E-state index in [1.807, 2.05) is 6.07 Å². The van der Waals surface area contributed by atoms with Gasteiger partial charge in [-0.3, -0.25) is 9.97 Å². The Morgan fingerprint density at radius 2 is 1.27 bits per heavy atom. The van der Waals surface area contributed by atoms with Gasteiger partial charge in [0.2, 0.25) is 0 Å². The summed E-state index contributed by atoms with van der Waals surface area (Å²) in [5.74, 6) is -2.61. The van der Waals surface area contributed by atoms with E-state index in [4.69, 9.17) is 11.0 Å². The van der Waals surface area contributed by atoms with Gasteiger partial charge < -0.3 is 5.73 Å². The minimum Gasteiger partial charge on any atom is -0.330 e. The highest BCUT2D eigenvalue weighted by atomic mass is 19.1. The van der Waals surface area contributed by atoms with Gasteiger partial charge in [0.05, 0.1) is 36.3 Å². The lowest BCUT2D eigenvalue weighted by atomic mass is 9.96. The van der Waals surface area contributed by atoms with Crippen LogP contribution in [0.1, 0.15) is 36.8 Å². The van der Waals surface area contributed by atoms with Gasteiger partial charge in [-0.1, -0.05) is 0 Å². The van der Waals surface area contributed by atoms with E-state index >= 15 is 0 Å². The van der Waals surface area contributed by atoms with Crippen molar-refractivity contribution in [3.05, 3.63) is 59.2 Å². The Labute approximate surface area is 147 Å². The molecule has 0 atom stereocenters. The van der Waals surface area contributed by atoms with Gasteiger partial charge in [0.1, 0.15) is 23.3 Å². The fourth-order valence-corrected chi connectivity index (χ4v) is 3.04. The number of nitriles is 1. The summed E-state index contributed by atoms with van der Waals surface area (Å²) >= 11 is 0. The molecule has 4 rings (SSSR count). The van der Waals surface area contributed by atoms with Crippen LogP contribution < -0.4 is 5.73 Å². The second kappa shape index (κ2) is 6.65. The van der Waals surface area contributed by atoms with Crippen LogP contribution in [-0.2, 0) is 10.8 Å². The van der Waals surface area contributed by atoms with E-state index in [0.29, 0.717) is 19.4 Å². The highest BCUT2D eigenvalue weighted by Gasteiger charge is 2.49. The van der Waals surface area contributed by atoms with Gasteiger partial charge in [-0.05, 0) is 25.7 Å². The van der Waals surface area contributed by atoms with Crippen molar-refractivity contribution in [2.24, 2.45) is 5.73 Å². The molecule has 8 heteroatoms. The van der Waals surface area contributed by atoms with Crippen molar-refractivity contribution in [1.29, 1.82) is 5.26 Å². The maximum Gasteiger partial charge on any atom is 0.149 e. The van der Waals surface area contributed by atoms with Crippen LogP contribution >= 0.6 is 0 Å². The first kappa shape index (κ1) is 18.3. The van der Waals surface area contributed by atoms with Crippen molar-refractivity contribution < 1.29 is 17.6 Å². The molecule has 2 saturated carbocycles. The molecule has 2 heterocycles. The minimum atomic E-state index is -0.920. The van der Waals surface area contributed by atoms with E-state index in [-0.39, 0.29) is 11.1 Å². The summed E-state index contributed by atoms with van der Waals surface area (Å²) in [6.45, 7) is 0.296. The number of pyridine rings is 2. The fourth-order valence-electron chi connectivity index (χ4n) is 3.04. The monoisotopic (exact) mass is 364 g/mol. The molecule has 2 aromatic rings. The Hall–Kier alpha value is -2.53. The van der Waals surface area contributed by atoms with E-state index in [0.717, 1.165) is 37.6 Å². The van der Waals surface area contributed by atoms with Crippen LogP contribution in [0.3, 0.4) is 0 Å². The number of rotatable bonds is 3. The minimum absolute atomic E-state index is 0.116. The van der Waals surface area contributed by atoms with Crippen molar-refractivity contribution in [2.75, 3.05) is 6.54 Å². The smallest absolute Gasteiger partial charge is 0.149 e. The van der Waals surface area contributed by atoms with Crippen LogP contribution in [-0.4, -0.2) is 16.5 Å². The second-order valence-electron chi connectivity index (χ2n) is 6.63. The quantitative estimate of drug-likeness (QED) is 0.848. The Balaban J connectivity index is 0.000000151. The molecule has 136 valence electrons. The van der Waals surface area contributed by atoms with Crippen LogP contribution in [0.25, 0.3) is 0 Å². The molecule has 0 spiro atoms. The summed E-state index contributed by atoms with van der Waals surface area (Å²) in [5, 5.41) is 8.76. The number of hydrogen-bond acceptors (Lipinski definition) is 4. The van der Waals surface area contributed by atoms with E-state index in [1.54, 1.807) is 0 Å². The van der Waals surface area contributed by atoms with E-state index in [9.17, 15) is 17.6 Å². The molecule has 4 nitrogen and oxygen atoms in total. The van der Waals surface area contributed by atoms with Crippen LogP contribution in [0, 0.1) is 34.6 Å². The van der Waals surface area contributed by atoms with Crippen LogP contribution in [0.5, 0.6) is 0 Å². The molecule has 0 radical (unpaired) electrons. The molecule has 0 aliphatic heterocycles. The van der Waals surface area contributed by atoms with Gasteiger partial charge in [0, 0.05) is 23.1 Å². The highest BCUT2D eigenvalue weighted by Crippen LogP contribution is 2.49. The topological polar surface area (TPSA) is 75.6 Å². The lowest BCUT2D eigenvalue weighted by Gasteiger charge is -2.13. The summed E-state index contributed by atoms with van der Waals surface area (Å²) in [6.07, 6.45) is 6.54. The van der Waals surface area contributed by atoms with Crippen LogP contribution in [0.2, 0.25) is 0 Å². The summed E-state index contributed by atoms with van der Waals surface area (Å²) < 4.78 is 52.7.